The Morgan fingerprint density at radius 3 is 2.57 bits per heavy atom. The van der Waals surface area contributed by atoms with Crippen LogP contribution in [0, 0.1) is 0 Å². The van der Waals surface area contributed by atoms with Gasteiger partial charge in [-0.2, -0.15) is 0 Å². The van der Waals surface area contributed by atoms with Gasteiger partial charge in [-0.3, -0.25) is 0 Å². The van der Waals surface area contributed by atoms with Crippen LogP contribution in [0.3, 0.4) is 0 Å². The van der Waals surface area contributed by atoms with Gasteiger partial charge in [0, 0.05) is 26.3 Å². The summed E-state index contributed by atoms with van der Waals surface area (Å²) in [6.07, 6.45) is 5.22. The van der Waals surface area contributed by atoms with Crippen LogP contribution in [0.2, 0.25) is 5.02 Å². The third-order valence-corrected chi connectivity index (χ3v) is 5.25. The first-order valence-corrected chi connectivity index (χ1v) is 9.11. The van der Waals surface area contributed by atoms with E-state index in [1.54, 1.807) is 7.05 Å². The van der Waals surface area contributed by atoms with Crippen molar-refractivity contribution in [3.8, 4) is 0 Å². The van der Waals surface area contributed by atoms with Crippen LogP contribution >= 0.6 is 11.6 Å². The van der Waals surface area contributed by atoms with Crippen molar-refractivity contribution >= 4 is 27.4 Å². The van der Waals surface area contributed by atoms with Crippen molar-refractivity contribution in [2.45, 2.75) is 44.4 Å². The molecule has 0 aliphatic heterocycles. The van der Waals surface area contributed by atoms with E-state index in [-0.39, 0.29) is 4.90 Å². The number of hydrogen-bond donors (Lipinski definition) is 1. The minimum Gasteiger partial charge on any atom is -0.369 e. The van der Waals surface area contributed by atoms with Gasteiger partial charge in [0.05, 0.1) is 5.02 Å². The SMILES string of the molecule is CCCCCN(C)S(=O)(=O)c1cnc(NCCC)c(Cl)c1. The highest BCUT2D eigenvalue weighted by atomic mass is 35.5. The van der Waals surface area contributed by atoms with Gasteiger partial charge in [-0.25, -0.2) is 17.7 Å². The molecular weight excluding hydrogens is 310 g/mol. The first-order valence-electron chi connectivity index (χ1n) is 7.29. The van der Waals surface area contributed by atoms with E-state index >= 15 is 0 Å². The molecule has 7 heteroatoms. The molecule has 1 rings (SSSR count). The van der Waals surface area contributed by atoms with Crippen LogP contribution in [0.25, 0.3) is 0 Å². The smallest absolute Gasteiger partial charge is 0.244 e. The van der Waals surface area contributed by atoms with E-state index in [1.807, 2.05) is 6.92 Å². The molecule has 0 aromatic carbocycles. The third kappa shape index (κ3) is 5.13. The zero-order valence-corrected chi connectivity index (χ0v) is 14.5. The molecule has 0 aliphatic rings. The zero-order chi connectivity index (χ0) is 15.9. The fourth-order valence-electron chi connectivity index (χ4n) is 1.82. The lowest BCUT2D eigenvalue weighted by Gasteiger charge is -2.17. The molecule has 0 spiro atoms. The molecule has 5 nitrogen and oxygen atoms in total. The Bertz CT molecular complexity index is 549. The van der Waals surface area contributed by atoms with Gasteiger partial charge in [-0.05, 0) is 18.9 Å². The Labute approximate surface area is 132 Å². The predicted octanol–water partition coefficient (Wildman–Crippen LogP) is 3.37. The molecule has 1 aromatic rings. The van der Waals surface area contributed by atoms with Crippen molar-refractivity contribution < 1.29 is 8.42 Å². The van der Waals surface area contributed by atoms with Gasteiger partial charge < -0.3 is 5.32 Å². The number of rotatable bonds is 9. The minimum atomic E-state index is -3.52. The highest BCUT2D eigenvalue weighted by molar-refractivity contribution is 7.89. The van der Waals surface area contributed by atoms with E-state index in [1.165, 1.54) is 16.6 Å². The second kappa shape index (κ2) is 8.56. The van der Waals surface area contributed by atoms with Crippen LogP contribution in [0.15, 0.2) is 17.2 Å². The van der Waals surface area contributed by atoms with E-state index in [0.717, 1.165) is 32.2 Å². The van der Waals surface area contributed by atoms with Gasteiger partial charge in [0.1, 0.15) is 10.7 Å². The third-order valence-electron chi connectivity index (χ3n) is 3.14. The topological polar surface area (TPSA) is 62.3 Å². The van der Waals surface area contributed by atoms with Gasteiger partial charge in [0.15, 0.2) is 0 Å². The summed E-state index contributed by atoms with van der Waals surface area (Å²) in [7, 11) is -1.94. The highest BCUT2D eigenvalue weighted by Crippen LogP contribution is 2.24. The Morgan fingerprint density at radius 2 is 2.00 bits per heavy atom. The average Bonchev–Trinajstić information content (AvgIpc) is 2.46. The molecule has 0 fully saturated rings. The molecule has 0 radical (unpaired) electrons. The summed E-state index contributed by atoms with van der Waals surface area (Å²) in [5.74, 6) is 0.520. The normalized spacial score (nSPS) is 11.9. The second-order valence-electron chi connectivity index (χ2n) is 4.96. The number of sulfonamides is 1. The molecule has 0 bridgehead atoms. The van der Waals surface area contributed by atoms with Gasteiger partial charge >= 0.3 is 0 Å². The van der Waals surface area contributed by atoms with Crippen molar-refractivity contribution in [2.75, 3.05) is 25.5 Å². The van der Waals surface area contributed by atoms with Crippen molar-refractivity contribution in [1.29, 1.82) is 0 Å². The maximum absolute atomic E-state index is 12.4. The van der Waals surface area contributed by atoms with Crippen LogP contribution in [0.4, 0.5) is 5.82 Å². The molecule has 120 valence electrons. The highest BCUT2D eigenvalue weighted by Gasteiger charge is 2.21. The maximum atomic E-state index is 12.4. The van der Waals surface area contributed by atoms with Crippen LogP contribution in [-0.4, -0.2) is 37.8 Å². The number of anilines is 1. The summed E-state index contributed by atoms with van der Waals surface area (Å²) in [4.78, 5) is 4.24. The second-order valence-corrected chi connectivity index (χ2v) is 7.41. The molecular formula is C14H24ClN3O2S. The van der Waals surface area contributed by atoms with Crippen molar-refractivity contribution in [2.24, 2.45) is 0 Å². The largest absolute Gasteiger partial charge is 0.369 e. The fraction of sp³-hybridized carbons (Fsp3) is 0.643. The van der Waals surface area contributed by atoms with Crippen molar-refractivity contribution in [1.82, 2.24) is 9.29 Å². The minimum absolute atomic E-state index is 0.133. The van der Waals surface area contributed by atoms with Crippen molar-refractivity contribution in [3.63, 3.8) is 0 Å². The van der Waals surface area contributed by atoms with Crippen LogP contribution < -0.4 is 5.32 Å². The summed E-state index contributed by atoms with van der Waals surface area (Å²) < 4.78 is 26.2. The van der Waals surface area contributed by atoms with E-state index in [4.69, 9.17) is 11.6 Å². The maximum Gasteiger partial charge on any atom is 0.244 e. The Kier molecular flexibility index (Phi) is 7.42. The van der Waals surface area contributed by atoms with E-state index in [9.17, 15) is 8.42 Å². The van der Waals surface area contributed by atoms with Crippen molar-refractivity contribution in [3.05, 3.63) is 17.3 Å². The Hall–Kier alpha value is -0.850. The molecule has 0 atom stereocenters. The van der Waals surface area contributed by atoms with Crippen LogP contribution in [-0.2, 0) is 10.0 Å². The molecule has 0 saturated heterocycles. The van der Waals surface area contributed by atoms with Crippen LogP contribution in [0.1, 0.15) is 39.5 Å². The average molecular weight is 334 g/mol. The molecule has 1 aromatic heterocycles. The number of nitrogens with one attached hydrogen (secondary N) is 1. The summed E-state index contributed by atoms with van der Waals surface area (Å²) in [6.45, 7) is 5.37. The Morgan fingerprint density at radius 1 is 1.29 bits per heavy atom. The number of unbranched alkanes of at least 4 members (excludes halogenated alkanes) is 2. The number of halogens is 1. The predicted molar refractivity (Wildman–Crippen MR) is 87.4 cm³/mol. The van der Waals surface area contributed by atoms with Gasteiger partial charge in [-0.15, -0.1) is 0 Å². The van der Waals surface area contributed by atoms with E-state index < -0.39 is 10.0 Å². The number of aromatic nitrogens is 1. The van der Waals surface area contributed by atoms with Crippen LogP contribution in [0.5, 0.6) is 0 Å². The molecule has 0 aliphatic carbocycles. The van der Waals surface area contributed by atoms with Gasteiger partial charge in [-0.1, -0.05) is 38.3 Å². The lowest BCUT2D eigenvalue weighted by Crippen LogP contribution is -2.28. The summed E-state index contributed by atoms with van der Waals surface area (Å²) in [5.41, 5.74) is 0. The first kappa shape index (κ1) is 18.2. The molecule has 1 heterocycles. The zero-order valence-electron chi connectivity index (χ0n) is 12.9. The lowest BCUT2D eigenvalue weighted by atomic mass is 10.2. The quantitative estimate of drug-likeness (QED) is 0.704. The number of nitrogens with zero attached hydrogens (tertiary/aromatic N) is 2. The molecule has 21 heavy (non-hydrogen) atoms. The number of hydrogen-bond acceptors (Lipinski definition) is 4. The van der Waals surface area contributed by atoms with E-state index in [0.29, 0.717) is 17.4 Å². The fourth-order valence-corrected chi connectivity index (χ4v) is 3.30. The number of pyridine rings is 1. The summed E-state index contributed by atoms with van der Waals surface area (Å²) in [6, 6.07) is 1.46. The lowest BCUT2D eigenvalue weighted by molar-refractivity contribution is 0.454. The summed E-state index contributed by atoms with van der Waals surface area (Å²) in [5, 5.41) is 3.39. The molecule has 1 N–H and O–H groups in total. The van der Waals surface area contributed by atoms with Gasteiger partial charge in [0.2, 0.25) is 10.0 Å². The Balaban J connectivity index is 2.85. The molecule has 0 saturated carbocycles. The molecule has 0 unspecified atom stereocenters. The first-order chi connectivity index (χ1) is 9.93. The van der Waals surface area contributed by atoms with Gasteiger partial charge in [0.25, 0.3) is 0 Å². The summed E-state index contributed by atoms with van der Waals surface area (Å²) >= 11 is 6.09. The monoisotopic (exact) mass is 333 g/mol. The van der Waals surface area contributed by atoms with E-state index in [2.05, 4.69) is 17.2 Å². The molecule has 0 amide bonds. The standard InChI is InChI=1S/C14H24ClN3O2S/c1-4-6-7-9-18(3)21(19,20)12-10-13(15)14(17-11-12)16-8-5-2/h10-11H,4-9H2,1-3H3,(H,16,17).